The first-order valence-electron chi connectivity index (χ1n) is 6.61. The van der Waals surface area contributed by atoms with Gasteiger partial charge in [0, 0.05) is 31.0 Å². The first-order valence-corrected chi connectivity index (χ1v) is 6.61. The molecule has 2 rings (SSSR count). The topological polar surface area (TPSA) is 28.2 Å². The van der Waals surface area contributed by atoms with Crippen molar-refractivity contribution in [3.05, 3.63) is 30.1 Å². The third-order valence-corrected chi connectivity index (χ3v) is 3.79. The van der Waals surface area contributed by atoms with Crippen molar-refractivity contribution in [2.45, 2.75) is 38.3 Å². The van der Waals surface area contributed by atoms with Gasteiger partial charge in [-0.05, 0) is 51.1 Å². The second kappa shape index (κ2) is 6.12. The minimum Gasteiger partial charge on any atom is -0.309 e. The van der Waals surface area contributed by atoms with Gasteiger partial charge in [0.15, 0.2) is 0 Å². The first-order chi connectivity index (χ1) is 8.27. The molecule has 1 aromatic rings. The van der Waals surface area contributed by atoms with E-state index in [1.807, 2.05) is 12.4 Å². The molecule has 1 saturated heterocycles. The lowest BCUT2D eigenvalue weighted by molar-refractivity contribution is 0.178. The van der Waals surface area contributed by atoms with Crippen molar-refractivity contribution < 1.29 is 0 Å². The molecular formula is C14H23N3. The largest absolute Gasteiger partial charge is 0.309 e. The molecule has 0 amide bonds. The van der Waals surface area contributed by atoms with Crippen LogP contribution in [0.15, 0.2) is 24.5 Å². The zero-order valence-electron chi connectivity index (χ0n) is 10.9. The highest BCUT2D eigenvalue weighted by Gasteiger charge is 2.19. The van der Waals surface area contributed by atoms with Gasteiger partial charge in [-0.25, -0.2) is 0 Å². The molecule has 1 aromatic heterocycles. The molecule has 0 aromatic carbocycles. The summed E-state index contributed by atoms with van der Waals surface area (Å²) in [5.41, 5.74) is 1.32. The average molecular weight is 233 g/mol. The summed E-state index contributed by atoms with van der Waals surface area (Å²) in [4.78, 5) is 6.54. The molecule has 1 aliphatic rings. The zero-order chi connectivity index (χ0) is 12.1. The Balaban J connectivity index is 1.81. The fraction of sp³-hybridized carbons (Fsp3) is 0.643. The smallest absolute Gasteiger partial charge is 0.0293 e. The normalized spacial score (nSPS) is 23.5. The Kier molecular flexibility index (Phi) is 4.51. The summed E-state index contributed by atoms with van der Waals surface area (Å²) >= 11 is 0. The van der Waals surface area contributed by atoms with Crippen molar-refractivity contribution >= 4 is 0 Å². The predicted molar refractivity (Wildman–Crippen MR) is 70.9 cm³/mol. The standard InChI is InChI=1S/C14H23N3/c1-12(13-6-8-15-9-7-13)16-11-14-5-3-4-10-17(14)2/h6-9,12,14,16H,3-5,10-11H2,1-2H3/t12-,14?/m0/s1. The van der Waals surface area contributed by atoms with E-state index in [2.05, 4.69) is 41.3 Å². The number of likely N-dealkylation sites (N-methyl/N-ethyl adjacent to an activating group) is 1. The minimum absolute atomic E-state index is 0.410. The van der Waals surface area contributed by atoms with Gasteiger partial charge in [-0.1, -0.05) is 6.42 Å². The van der Waals surface area contributed by atoms with Crippen LogP contribution in [0.4, 0.5) is 0 Å². The summed E-state index contributed by atoms with van der Waals surface area (Å²) in [6.45, 7) is 4.55. The Hall–Kier alpha value is -0.930. The highest BCUT2D eigenvalue weighted by Crippen LogP contribution is 2.16. The van der Waals surface area contributed by atoms with Crippen molar-refractivity contribution in [3.63, 3.8) is 0 Å². The van der Waals surface area contributed by atoms with Gasteiger partial charge in [-0.3, -0.25) is 4.98 Å². The molecule has 0 aliphatic carbocycles. The summed E-state index contributed by atoms with van der Waals surface area (Å²) in [6, 6.07) is 5.28. The van der Waals surface area contributed by atoms with E-state index in [1.54, 1.807) is 0 Å². The van der Waals surface area contributed by atoms with E-state index in [-0.39, 0.29) is 0 Å². The van der Waals surface area contributed by atoms with E-state index >= 15 is 0 Å². The number of piperidine rings is 1. The van der Waals surface area contributed by atoms with Crippen LogP contribution < -0.4 is 5.32 Å². The molecule has 0 spiro atoms. The predicted octanol–water partition coefficient (Wildman–Crippen LogP) is 2.22. The maximum atomic E-state index is 4.05. The van der Waals surface area contributed by atoms with Crippen LogP contribution >= 0.6 is 0 Å². The van der Waals surface area contributed by atoms with Crippen LogP contribution in [-0.4, -0.2) is 36.1 Å². The SMILES string of the molecule is C[C@H](NCC1CCCCN1C)c1ccncc1. The minimum atomic E-state index is 0.410. The van der Waals surface area contributed by atoms with Gasteiger partial charge in [0.2, 0.25) is 0 Å². The van der Waals surface area contributed by atoms with Crippen molar-refractivity contribution in [2.24, 2.45) is 0 Å². The Morgan fingerprint density at radius 3 is 2.88 bits per heavy atom. The Bertz CT molecular complexity index is 325. The molecule has 3 heteroatoms. The Morgan fingerprint density at radius 2 is 2.18 bits per heavy atom. The molecule has 1 unspecified atom stereocenters. The van der Waals surface area contributed by atoms with Crippen LogP contribution in [0.5, 0.6) is 0 Å². The quantitative estimate of drug-likeness (QED) is 0.864. The Morgan fingerprint density at radius 1 is 1.41 bits per heavy atom. The maximum absolute atomic E-state index is 4.05. The zero-order valence-corrected chi connectivity index (χ0v) is 10.9. The first kappa shape index (κ1) is 12.5. The average Bonchev–Trinajstić information content (AvgIpc) is 2.38. The third-order valence-electron chi connectivity index (χ3n) is 3.79. The van der Waals surface area contributed by atoms with Crippen LogP contribution in [0.25, 0.3) is 0 Å². The summed E-state index contributed by atoms with van der Waals surface area (Å²) in [5, 5.41) is 3.63. The van der Waals surface area contributed by atoms with E-state index in [9.17, 15) is 0 Å². The summed E-state index contributed by atoms with van der Waals surface area (Å²) in [6.07, 6.45) is 7.78. The van der Waals surface area contributed by atoms with E-state index in [1.165, 1.54) is 31.4 Å². The highest BCUT2D eigenvalue weighted by molar-refractivity contribution is 5.13. The van der Waals surface area contributed by atoms with Crippen LogP contribution in [0.3, 0.4) is 0 Å². The van der Waals surface area contributed by atoms with Gasteiger partial charge in [0.1, 0.15) is 0 Å². The fourth-order valence-corrected chi connectivity index (χ4v) is 2.48. The molecular weight excluding hydrogens is 210 g/mol. The number of nitrogens with zero attached hydrogens (tertiary/aromatic N) is 2. The molecule has 0 bridgehead atoms. The van der Waals surface area contributed by atoms with Crippen molar-refractivity contribution in [1.29, 1.82) is 0 Å². The molecule has 1 N–H and O–H groups in total. The Labute approximate surface area is 104 Å². The molecule has 94 valence electrons. The maximum Gasteiger partial charge on any atom is 0.0293 e. The van der Waals surface area contributed by atoms with Crippen LogP contribution in [0, 0.1) is 0 Å². The molecule has 0 saturated carbocycles. The van der Waals surface area contributed by atoms with Gasteiger partial charge in [0.05, 0.1) is 0 Å². The number of pyridine rings is 1. The number of likely N-dealkylation sites (tertiary alicyclic amines) is 1. The van der Waals surface area contributed by atoms with Crippen LogP contribution in [0.2, 0.25) is 0 Å². The monoisotopic (exact) mass is 233 g/mol. The second-order valence-corrected chi connectivity index (χ2v) is 5.04. The van der Waals surface area contributed by atoms with E-state index in [0.29, 0.717) is 12.1 Å². The van der Waals surface area contributed by atoms with E-state index in [4.69, 9.17) is 0 Å². The molecule has 0 radical (unpaired) electrons. The lowest BCUT2D eigenvalue weighted by atomic mass is 10.0. The van der Waals surface area contributed by atoms with Crippen molar-refractivity contribution in [2.75, 3.05) is 20.1 Å². The number of hydrogen-bond acceptors (Lipinski definition) is 3. The fourth-order valence-electron chi connectivity index (χ4n) is 2.48. The van der Waals surface area contributed by atoms with E-state index in [0.717, 1.165) is 6.54 Å². The van der Waals surface area contributed by atoms with Crippen LogP contribution in [0.1, 0.15) is 37.8 Å². The van der Waals surface area contributed by atoms with Crippen molar-refractivity contribution in [1.82, 2.24) is 15.2 Å². The van der Waals surface area contributed by atoms with Gasteiger partial charge >= 0.3 is 0 Å². The molecule has 17 heavy (non-hydrogen) atoms. The summed E-state index contributed by atoms with van der Waals surface area (Å²) < 4.78 is 0. The van der Waals surface area contributed by atoms with Gasteiger partial charge < -0.3 is 10.2 Å². The lowest BCUT2D eigenvalue weighted by Gasteiger charge is -2.33. The van der Waals surface area contributed by atoms with Gasteiger partial charge in [-0.15, -0.1) is 0 Å². The highest BCUT2D eigenvalue weighted by atomic mass is 15.2. The summed E-state index contributed by atoms with van der Waals surface area (Å²) in [7, 11) is 2.24. The molecule has 1 fully saturated rings. The molecule has 3 nitrogen and oxygen atoms in total. The third kappa shape index (κ3) is 3.51. The van der Waals surface area contributed by atoms with Gasteiger partial charge in [0.25, 0.3) is 0 Å². The molecule has 1 aliphatic heterocycles. The lowest BCUT2D eigenvalue weighted by Crippen LogP contribution is -2.43. The van der Waals surface area contributed by atoms with E-state index < -0.39 is 0 Å². The number of aromatic nitrogens is 1. The van der Waals surface area contributed by atoms with Crippen molar-refractivity contribution in [3.8, 4) is 0 Å². The molecule has 2 atom stereocenters. The summed E-state index contributed by atoms with van der Waals surface area (Å²) in [5.74, 6) is 0. The molecule has 2 heterocycles. The van der Waals surface area contributed by atoms with Crippen LogP contribution in [-0.2, 0) is 0 Å². The number of rotatable bonds is 4. The second-order valence-electron chi connectivity index (χ2n) is 5.04. The number of hydrogen-bond donors (Lipinski definition) is 1. The van der Waals surface area contributed by atoms with Gasteiger partial charge in [-0.2, -0.15) is 0 Å². The number of nitrogens with one attached hydrogen (secondary N) is 1.